The molecule has 0 aliphatic carbocycles. The minimum atomic E-state index is 0. The van der Waals surface area contributed by atoms with Gasteiger partial charge in [-0.2, -0.15) is 0 Å². The van der Waals surface area contributed by atoms with Crippen molar-refractivity contribution in [1.29, 1.82) is 0 Å². The molecule has 0 saturated carbocycles. The average molecular weight is 312 g/mol. The standard InChI is InChI=1S/C13H25N3O.2ClH/c1-11(10-16-6-2-3-7-16)8-15-13(17)12-4-5-14-9-12;;/h11-12,14H,2-10H2,1H3,(H,15,17);2*1H. The van der Waals surface area contributed by atoms with Crippen LogP contribution in [0.25, 0.3) is 0 Å². The van der Waals surface area contributed by atoms with Crippen LogP contribution >= 0.6 is 24.8 Å². The van der Waals surface area contributed by atoms with E-state index >= 15 is 0 Å². The van der Waals surface area contributed by atoms with Crippen LogP contribution in [0.5, 0.6) is 0 Å². The number of carbonyl (C=O) groups is 1. The van der Waals surface area contributed by atoms with Gasteiger partial charge >= 0.3 is 0 Å². The molecule has 0 aromatic carbocycles. The molecule has 0 bridgehead atoms. The maximum Gasteiger partial charge on any atom is 0.224 e. The third-order valence-electron chi connectivity index (χ3n) is 3.82. The van der Waals surface area contributed by atoms with E-state index in [1.807, 2.05) is 0 Å². The smallest absolute Gasteiger partial charge is 0.224 e. The molecule has 2 heterocycles. The Hall–Kier alpha value is -0.0300. The van der Waals surface area contributed by atoms with Crippen LogP contribution in [0.1, 0.15) is 26.2 Å². The molecular formula is C13H27Cl2N3O. The van der Waals surface area contributed by atoms with Gasteiger partial charge in [-0.25, -0.2) is 0 Å². The van der Waals surface area contributed by atoms with Gasteiger partial charge in [0.2, 0.25) is 5.91 Å². The molecule has 6 heteroatoms. The molecule has 114 valence electrons. The summed E-state index contributed by atoms with van der Waals surface area (Å²) in [6.07, 6.45) is 3.67. The number of hydrogen-bond donors (Lipinski definition) is 2. The highest BCUT2D eigenvalue weighted by molar-refractivity contribution is 5.85. The van der Waals surface area contributed by atoms with E-state index in [0.717, 1.165) is 32.6 Å². The van der Waals surface area contributed by atoms with Gasteiger partial charge in [0.05, 0.1) is 5.92 Å². The normalized spacial score (nSPS) is 24.4. The lowest BCUT2D eigenvalue weighted by Gasteiger charge is -2.21. The summed E-state index contributed by atoms with van der Waals surface area (Å²) < 4.78 is 0. The zero-order chi connectivity index (χ0) is 12.1. The molecule has 2 saturated heterocycles. The predicted octanol–water partition coefficient (Wildman–Crippen LogP) is 1.29. The van der Waals surface area contributed by atoms with Crippen LogP contribution < -0.4 is 10.6 Å². The lowest BCUT2D eigenvalue weighted by Crippen LogP contribution is -2.37. The van der Waals surface area contributed by atoms with Gasteiger partial charge in [0.25, 0.3) is 0 Å². The lowest BCUT2D eigenvalue weighted by atomic mass is 10.1. The molecule has 2 rings (SSSR count). The molecular weight excluding hydrogens is 285 g/mol. The second-order valence-electron chi connectivity index (χ2n) is 5.55. The van der Waals surface area contributed by atoms with Crippen molar-refractivity contribution in [3.8, 4) is 0 Å². The highest BCUT2D eigenvalue weighted by atomic mass is 35.5. The number of likely N-dealkylation sites (tertiary alicyclic amines) is 1. The second-order valence-corrected chi connectivity index (χ2v) is 5.55. The number of hydrogen-bond acceptors (Lipinski definition) is 3. The van der Waals surface area contributed by atoms with Gasteiger partial charge in [0.1, 0.15) is 0 Å². The molecule has 2 aliphatic rings. The first-order valence-electron chi connectivity index (χ1n) is 6.96. The Labute approximate surface area is 128 Å². The fourth-order valence-corrected chi connectivity index (χ4v) is 2.77. The van der Waals surface area contributed by atoms with Gasteiger partial charge in [-0.05, 0) is 44.8 Å². The van der Waals surface area contributed by atoms with Gasteiger partial charge in [-0.1, -0.05) is 6.92 Å². The van der Waals surface area contributed by atoms with Crippen LogP contribution in [0.2, 0.25) is 0 Å². The van der Waals surface area contributed by atoms with Crippen molar-refractivity contribution >= 4 is 30.7 Å². The maximum absolute atomic E-state index is 11.8. The number of amides is 1. The van der Waals surface area contributed by atoms with E-state index in [9.17, 15) is 4.79 Å². The molecule has 2 atom stereocenters. The number of nitrogens with one attached hydrogen (secondary N) is 2. The lowest BCUT2D eigenvalue weighted by molar-refractivity contribution is -0.124. The van der Waals surface area contributed by atoms with E-state index in [1.165, 1.54) is 25.9 Å². The van der Waals surface area contributed by atoms with Crippen LogP contribution in [0.3, 0.4) is 0 Å². The van der Waals surface area contributed by atoms with Gasteiger partial charge in [-0.15, -0.1) is 24.8 Å². The van der Waals surface area contributed by atoms with E-state index in [-0.39, 0.29) is 36.6 Å². The molecule has 2 aliphatic heterocycles. The van der Waals surface area contributed by atoms with Gasteiger partial charge in [0.15, 0.2) is 0 Å². The van der Waals surface area contributed by atoms with E-state index in [1.54, 1.807) is 0 Å². The van der Waals surface area contributed by atoms with Crippen molar-refractivity contribution in [3.63, 3.8) is 0 Å². The van der Waals surface area contributed by atoms with Crippen LogP contribution in [0.4, 0.5) is 0 Å². The summed E-state index contributed by atoms with van der Waals surface area (Å²) in [5.41, 5.74) is 0. The zero-order valence-electron chi connectivity index (χ0n) is 11.7. The largest absolute Gasteiger partial charge is 0.356 e. The summed E-state index contributed by atoms with van der Waals surface area (Å²) in [4.78, 5) is 14.3. The summed E-state index contributed by atoms with van der Waals surface area (Å²) in [6, 6.07) is 0. The summed E-state index contributed by atoms with van der Waals surface area (Å²) in [7, 11) is 0. The zero-order valence-corrected chi connectivity index (χ0v) is 13.3. The third-order valence-corrected chi connectivity index (χ3v) is 3.82. The van der Waals surface area contributed by atoms with E-state index in [4.69, 9.17) is 0 Å². The second kappa shape index (κ2) is 9.81. The third kappa shape index (κ3) is 6.30. The SMILES string of the molecule is CC(CNC(=O)C1CCNC1)CN1CCCC1.Cl.Cl. The predicted molar refractivity (Wildman–Crippen MR) is 83.3 cm³/mol. The van der Waals surface area contributed by atoms with Crippen molar-refractivity contribution < 1.29 is 4.79 Å². The molecule has 2 N–H and O–H groups in total. The Morgan fingerprint density at radius 3 is 2.63 bits per heavy atom. The van der Waals surface area contributed by atoms with Crippen LogP contribution in [-0.4, -0.2) is 50.1 Å². The van der Waals surface area contributed by atoms with Gasteiger partial charge in [-0.3, -0.25) is 4.79 Å². The minimum absolute atomic E-state index is 0. The average Bonchev–Trinajstić information content (AvgIpc) is 2.97. The van der Waals surface area contributed by atoms with Crippen molar-refractivity contribution in [2.24, 2.45) is 11.8 Å². The highest BCUT2D eigenvalue weighted by Gasteiger charge is 2.22. The number of nitrogens with zero attached hydrogens (tertiary/aromatic N) is 1. The van der Waals surface area contributed by atoms with Crippen LogP contribution in [-0.2, 0) is 4.79 Å². The molecule has 1 amide bonds. The quantitative estimate of drug-likeness (QED) is 0.804. The maximum atomic E-state index is 11.8. The Balaban J connectivity index is 0.00000162. The molecule has 0 aromatic rings. The first-order chi connectivity index (χ1) is 8.25. The van der Waals surface area contributed by atoms with Gasteiger partial charge < -0.3 is 15.5 Å². The first-order valence-corrected chi connectivity index (χ1v) is 6.96. The number of halogens is 2. The Morgan fingerprint density at radius 1 is 1.37 bits per heavy atom. The van der Waals surface area contributed by atoms with Crippen molar-refractivity contribution in [1.82, 2.24) is 15.5 Å². The fourth-order valence-electron chi connectivity index (χ4n) is 2.77. The van der Waals surface area contributed by atoms with Crippen molar-refractivity contribution in [2.75, 3.05) is 39.3 Å². The monoisotopic (exact) mass is 311 g/mol. The summed E-state index contributed by atoms with van der Waals surface area (Å²) in [6.45, 7) is 8.50. The molecule has 4 nitrogen and oxygen atoms in total. The summed E-state index contributed by atoms with van der Waals surface area (Å²) >= 11 is 0. The Bertz CT molecular complexity index is 254. The molecule has 0 aromatic heterocycles. The molecule has 19 heavy (non-hydrogen) atoms. The van der Waals surface area contributed by atoms with Crippen LogP contribution in [0, 0.1) is 11.8 Å². The van der Waals surface area contributed by atoms with Crippen LogP contribution in [0.15, 0.2) is 0 Å². The van der Waals surface area contributed by atoms with E-state index < -0.39 is 0 Å². The van der Waals surface area contributed by atoms with Crippen molar-refractivity contribution in [2.45, 2.75) is 26.2 Å². The molecule has 2 unspecified atom stereocenters. The number of carbonyl (C=O) groups excluding carboxylic acids is 1. The Kier molecular flexibility index (Phi) is 9.79. The highest BCUT2D eigenvalue weighted by Crippen LogP contribution is 2.10. The topological polar surface area (TPSA) is 44.4 Å². The molecule has 0 spiro atoms. The first kappa shape index (κ1) is 19.0. The van der Waals surface area contributed by atoms with E-state index in [0.29, 0.717) is 5.92 Å². The molecule has 0 radical (unpaired) electrons. The Morgan fingerprint density at radius 2 is 2.05 bits per heavy atom. The van der Waals surface area contributed by atoms with Gasteiger partial charge in [0, 0.05) is 19.6 Å². The number of rotatable bonds is 5. The minimum Gasteiger partial charge on any atom is -0.356 e. The summed E-state index contributed by atoms with van der Waals surface area (Å²) in [5.74, 6) is 1.00. The van der Waals surface area contributed by atoms with Crippen molar-refractivity contribution in [3.05, 3.63) is 0 Å². The summed E-state index contributed by atoms with van der Waals surface area (Å²) in [5, 5.41) is 6.32. The molecule has 2 fully saturated rings. The fraction of sp³-hybridized carbons (Fsp3) is 0.923. The van der Waals surface area contributed by atoms with E-state index in [2.05, 4.69) is 22.5 Å².